The molecule has 0 aromatic heterocycles. The lowest BCUT2D eigenvalue weighted by Crippen LogP contribution is -1.71. The Morgan fingerprint density at radius 1 is 1.50 bits per heavy atom. The summed E-state index contributed by atoms with van der Waals surface area (Å²) in [6.45, 7) is 7.90. The molecule has 0 nitrogen and oxygen atoms in total. The molecule has 0 aromatic carbocycles. The zero-order chi connectivity index (χ0) is 7.82. The fourth-order valence-corrected chi connectivity index (χ4v) is 0.728. The summed E-state index contributed by atoms with van der Waals surface area (Å²) in [5.41, 5.74) is 1.33. The van der Waals surface area contributed by atoms with Gasteiger partial charge in [-0.05, 0) is 19.8 Å². The van der Waals surface area contributed by atoms with E-state index in [1.165, 1.54) is 5.57 Å². The molecule has 0 saturated carbocycles. The molecule has 56 valence electrons. The Morgan fingerprint density at radius 3 is 2.60 bits per heavy atom. The van der Waals surface area contributed by atoms with Crippen LogP contribution in [-0.4, -0.2) is 0 Å². The molecule has 0 bridgehead atoms. The molecule has 0 N–H and O–H groups in total. The molecule has 0 saturated heterocycles. The first-order valence-electron chi connectivity index (χ1n) is 3.77. The highest BCUT2D eigenvalue weighted by atomic mass is 13.9. The molecule has 0 unspecified atom stereocenters. The molecule has 0 aliphatic heterocycles. The van der Waals surface area contributed by atoms with Crippen molar-refractivity contribution in [1.29, 1.82) is 0 Å². The van der Waals surface area contributed by atoms with Gasteiger partial charge in [0.05, 0.1) is 0 Å². The Hall–Kier alpha value is -0.780. The topological polar surface area (TPSA) is 0 Å². The van der Waals surface area contributed by atoms with Crippen molar-refractivity contribution in [1.82, 2.24) is 0 Å². The first kappa shape index (κ1) is 9.22. The van der Waals surface area contributed by atoms with Crippen LogP contribution in [-0.2, 0) is 0 Å². The highest BCUT2D eigenvalue weighted by Crippen LogP contribution is 2.02. The van der Waals surface area contributed by atoms with Gasteiger partial charge >= 0.3 is 0 Å². The van der Waals surface area contributed by atoms with E-state index in [4.69, 9.17) is 0 Å². The summed E-state index contributed by atoms with van der Waals surface area (Å²) in [5.74, 6) is 0. The van der Waals surface area contributed by atoms with Crippen LogP contribution >= 0.6 is 0 Å². The second-order valence-corrected chi connectivity index (χ2v) is 2.14. The van der Waals surface area contributed by atoms with Gasteiger partial charge in [0.25, 0.3) is 0 Å². The highest BCUT2D eigenvalue weighted by molar-refractivity contribution is 5.16. The molecule has 0 fully saturated rings. The first-order valence-corrected chi connectivity index (χ1v) is 3.77. The van der Waals surface area contributed by atoms with Crippen molar-refractivity contribution in [2.45, 2.75) is 26.7 Å². The van der Waals surface area contributed by atoms with E-state index in [0.717, 1.165) is 12.8 Å². The van der Waals surface area contributed by atoms with Gasteiger partial charge in [0, 0.05) is 0 Å². The van der Waals surface area contributed by atoms with Gasteiger partial charge in [0.2, 0.25) is 0 Å². The predicted octanol–water partition coefficient (Wildman–Crippen LogP) is 3.48. The quantitative estimate of drug-likeness (QED) is 0.410. The molecule has 0 aliphatic rings. The summed E-state index contributed by atoms with van der Waals surface area (Å²) in [4.78, 5) is 0. The molecule has 0 amide bonds. The lowest BCUT2D eigenvalue weighted by atomic mass is 10.1. The molecule has 0 atom stereocenters. The summed E-state index contributed by atoms with van der Waals surface area (Å²) in [5, 5.41) is 0. The minimum absolute atomic E-state index is 1.03. The van der Waals surface area contributed by atoms with E-state index in [9.17, 15) is 0 Å². The molecule has 0 radical (unpaired) electrons. The van der Waals surface area contributed by atoms with Crippen LogP contribution in [0.25, 0.3) is 0 Å². The molecule has 0 aromatic rings. The van der Waals surface area contributed by atoms with E-state index in [-0.39, 0.29) is 0 Å². The molecule has 0 rings (SSSR count). The zero-order valence-electron chi connectivity index (χ0n) is 6.93. The van der Waals surface area contributed by atoms with E-state index >= 15 is 0 Å². The highest BCUT2D eigenvalue weighted by Gasteiger charge is 1.82. The maximum atomic E-state index is 3.72. The van der Waals surface area contributed by atoms with Gasteiger partial charge in [-0.2, -0.15) is 0 Å². The van der Waals surface area contributed by atoms with Crippen molar-refractivity contribution >= 4 is 0 Å². The summed E-state index contributed by atoms with van der Waals surface area (Å²) < 4.78 is 0. The van der Waals surface area contributed by atoms with Crippen LogP contribution in [0.1, 0.15) is 26.7 Å². The molecular formula is C10H16. The fraction of sp³-hybridized carbons (Fsp3) is 0.400. The number of hydrogen-bond donors (Lipinski definition) is 0. The second kappa shape index (κ2) is 6.34. The Bertz CT molecular complexity index is 138. The SMILES string of the molecule is C=CC(=CCC=CC)CC. The van der Waals surface area contributed by atoms with Crippen molar-refractivity contribution in [3.05, 3.63) is 36.5 Å². The van der Waals surface area contributed by atoms with Gasteiger partial charge in [-0.3, -0.25) is 0 Å². The summed E-state index contributed by atoms with van der Waals surface area (Å²) >= 11 is 0. The fourth-order valence-electron chi connectivity index (χ4n) is 0.728. The Morgan fingerprint density at radius 2 is 2.20 bits per heavy atom. The van der Waals surface area contributed by atoms with Crippen LogP contribution in [0.2, 0.25) is 0 Å². The Balaban J connectivity index is 3.74. The summed E-state index contributed by atoms with van der Waals surface area (Å²) in [6.07, 6.45) is 10.4. The van der Waals surface area contributed by atoms with Crippen LogP contribution < -0.4 is 0 Å². The largest absolute Gasteiger partial charge is 0.0988 e. The third-order valence-electron chi connectivity index (χ3n) is 1.42. The molecular weight excluding hydrogens is 120 g/mol. The van der Waals surface area contributed by atoms with Crippen LogP contribution in [0, 0.1) is 0 Å². The van der Waals surface area contributed by atoms with Gasteiger partial charge in [-0.25, -0.2) is 0 Å². The van der Waals surface area contributed by atoms with Crippen LogP contribution in [0.3, 0.4) is 0 Å². The van der Waals surface area contributed by atoms with Gasteiger partial charge in [0.15, 0.2) is 0 Å². The standard InChI is InChI=1S/C10H16/c1-4-7-8-9-10(5-2)6-3/h4-5,7,9H,2,6,8H2,1,3H3. The van der Waals surface area contributed by atoms with E-state index < -0.39 is 0 Å². The number of rotatable bonds is 4. The molecule has 0 heteroatoms. The summed E-state index contributed by atoms with van der Waals surface area (Å²) in [7, 11) is 0. The third-order valence-corrected chi connectivity index (χ3v) is 1.42. The lowest BCUT2D eigenvalue weighted by molar-refractivity contribution is 1.13. The maximum absolute atomic E-state index is 3.72. The van der Waals surface area contributed by atoms with Crippen LogP contribution in [0.15, 0.2) is 36.5 Å². The van der Waals surface area contributed by atoms with E-state index in [2.05, 4.69) is 31.7 Å². The van der Waals surface area contributed by atoms with E-state index in [1.807, 2.05) is 13.0 Å². The number of allylic oxidation sites excluding steroid dienone is 5. The van der Waals surface area contributed by atoms with Gasteiger partial charge < -0.3 is 0 Å². The average Bonchev–Trinajstić information content (AvgIpc) is 1.99. The summed E-state index contributed by atoms with van der Waals surface area (Å²) in [6, 6.07) is 0. The predicted molar refractivity (Wildman–Crippen MR) is 48.0 cm³/mol. The lowest BCUT2D eigenvalue weighted by Gasteiger charge is -1.92. The zero-order valence-corrected chi connectivity index (χ0v) is 6.93. The third kappa shape index (κ3) is 4.13. The van der Waals surface area contributed by atoms with Crippen molar-refractivity contribution in [3.63, 3.8) is 0 Å². The van der Waals surface area contributed by atoms with Crippen molar-refractivity contribution in [2.75, 3.05) is 0 Å². The normalized spacial score (nSPS) is 12.4. The molecule has 0 heterocycles. The molecule has 0 spiro atoms. The monoisotopic (exact) mass is 136 g/mol. The van der Waals surface area contributed by atoms with Crippen LogP contribution in [0.4, 0.5) is 0 Å². The van der Waals surface area contributed by atoms with Crippen LogP contribution in [0.5, 0.6) is 0 Å². The minimum atomic E-state index is 1.03. The Kier molecular flexibility index (Phi) is 5.85. The minimum Gasteiger partial charge on any atom is -0.0988 e. The van der Waals surface area contributed by atoms with E-state index in [1.54, 1.807) is 0 Å². The van der Waals surface area contributed by atoms with Crippen molar-refractivity contribution in [2.24, 2.45) is 0 Å². The first-order chi connectivity index (χ1) is 4.85. The second-order valence-electron chi connectivity index (χ2n) is 2.14. The average molecular weight is 136 g/mol. The van der Waals surface area contributed by atoms with Gasteiger partial charge in [0.1, 0.15) is 0 Å². The smallest absolute Gasteiger partial charge is 0.0163 e. The molecule has 0 aliphatic carbocycles. The van der Waals surface area contributed by atoms with Gasteiger partial charge in [-0.15, -0.1) is 0 Å². The van der Waals surface area contributed by atoms with E-state index in [0.29, 0.717) is 0 Å². The van der Waals surface area contributed by atoms with Crippen molar-refractivity contribution < 1.29 is 0 Å². The molecule has 10 heavy (non-hydrogen) atoms. The van der Waals surface area contributed by atoms with Gasteiger partial charge in [-0.1, -0.05) is 43.4 Å². The van der Waals surface area contributed by atoms with Crippen molar-refractivity contribution in [3.8, 4) is 0 Å². The number of hydrogen-bond acceptors (Lipinski definition) is 0. The maximum Gasteiger partial charge on any atom is -0.0163 e. The Labute approximate surface area is 64.0 Å².